The number of nitrogens with zero attached hydrogens (tertiary/aromatic N) is 9. The number of amides is 6. The Morgan fingerprint density at radius 2 is 1.36 bits per heavy atom. The monoisotopic (exact) mass is 933 g/mol. The van der Waals surface area contributed by atoms with E-state index in [0.29, 0.717) is 28.9 Å². The second-order valence-corrected chi connectivity index (χ2v) is 19.7. The molecule has 0 radical (unpaired) electrons. The van der Waals surface area contributed by atoms with E-state index in [1.54, 1.807) is 6.07 Å². The van der Waals surface area contributed by atoms with Crippen LogP contribution in [-0.2, 0) is 9.59 Å². The van der Waals surface area contributed by atoms with Crippen LogP contribution in [0.4, 0.5) is 10.6 Å². The first-order valence-electron chi connectivity index (χ1n) is 24.8. The second-order valence-electron chi connectivity index (χ2n) is 19.7. The molecule has 6 amide bonds. The Kier molecular flexibility index (Phi) is 12.3. The molecule has 11 rings (SSSR count). The molecule has 358 valence electrons. The zero-order chi connectivity index (χ0) is 47.2. The van der Waals surface area contributed by atoms with Gasteiger partial charge in [0.05, 0.1) is 22.6 Å². The lowest BCUT2D eigenvalue weighted by Gasteiger charge is -2.43. The van der Waals surface area contributed by atoms with Crippen LogP contribution in [0.3, 0.4) is 0 Å². The van der Waals surface area contributed by atoms with Gasteiger partial charge in [0.15, 0.2) is 5.65 Å². The number of carbonyl (C=O) groups is 5. The molecule has 5 saturated heterocycles. The van der Waals surface area contributed by atoms with Gasteiger partial charge in [0, 0.05) is 63.8 Å². The number of para-hydroxylation sites is 1. The summed E-state index contributed by atoms with van der Waals surface area (Å²) in [6.07, 6.45) is 9.54. The standard InChI is InChI=1S/C52H59N11O6/c53-47-45-46(35-6-9-40(10-7-35)69-39-4-2-1-3-5-39)57-63(48(45)55-32-54-47)38-20-26-59(27-21-38)37-18-28-61(29-19-37)52(68)60-24-14-33(15-25-60)31-58-22-16-34(17-23-58)36-8-11-41-42(30-36)51(67)62(50(41)66)43-12-13-44(64)56-49(43)65/h1-11,30,32-34,37-38,43H,12-29,31H2,(H2,53,54,55)(H,56,64,65). The quantitative estimate of drug-likeness (QED) is 0.162. The lowest BCUT2D eigenvalue weighted by atomic mass is 9.87. The minimum Gasteiger partial charge on any atom is -0.457 e. The normalized spacial score (nSPS) is 21.9. The Morgan fingerprint density at radius 3 is 2.07 bits per heavy atom. The summed E-state index contributed by atoms with van der Waals surface area (Å²) < 4.78 is 8.09. The van der Waals surface area contributed by atoms with Gasteiger partial charge in [-0.2, -0.15) is 5.10 Å². The number of urea groups is 1. The van der Waals surface area contributed by atoms with Crippen LogP contribution in [0.25, 0.3) is 22.3 Å². The molecule has 0 bridgehead atoms. The maximum Gasteiger partial charge on any atom is 0.319 e. The summed E-state index contributed by atoms with van der Waals surface area (Å²) in [5, 5.41) is 8.17. The summed E-state index contributed by atoms with van der Waals surface area (Å²) in [5.74, 6) is 0.846. The van der Waals surface area contributed by atoms with E-state index in [2.05, 4.69) is 39.6 Å². The first-order chi connectivity index (χ1) is 33.6. The van der Waals surface area contributed by atoms with Gasteiger partial charge in [-0.3, -0.25) is 29.4 Å². The van der Waals surface area contributed by atoms with Crippen LogP contribution in [0.2, 0.25) is 0 Å². The van der Waals surface area contributed by atoms with Gasteiger partial charge in [-0.05, 0) is 137 Å². The first kappa shape index (κ1) is 44.8. The van der Waals surface area contributed by atoms with Gasteiger partial charge in [-0.15, -0.1) is 0 Å². The van der Waals surface area contributed by atoms with E-state index >= 15 is 0 Å². The van der Waals surface area contributed by atoms with E-state index in [9.17, 15) is 24.0 Å². The number of nitrogens with two attached hydrogens (primary N) is 1. The third-order valence-corrected chi connectivity index (χ3v) is 15.6. The van der Waals surface area contributed by atoms with E-state index in [0.717, 1.165) is 155 Å². The van der Waals surface area contributed by atoms with Gasteiger partial charge in [0.2, 0.25) is 11.8 Å². The van der Waals surface area contributed by atoms with E-state index in [4.69, 9.17) is 15.6 Å². The van der Waals surface area contributed by atoms with Crippen molar-refractivity contribution in [3.8, 4) is 22.8 Å². The number of nitrogen functional groups attached to an aromatic ring is 1. The number of carbonyl (C=O) groups excluding carboxylic acids is 5. The number of imide groups is 2. The van der Waals surface area contributed by atoms with Crippen LogP contribution in [0, 0.1) is 5.92 Å². The maximum atomic E-state index is 13.8. The van der Waals surface area contributed by atoms with Crippen LogP contribution in [0.15, 0.2) is 79.1 Å². The van der Waals surface area contributed by atoms with E-state index in [1.165, 1.54) is 6.33 Å². The largest absolute Gasteiger partial charge is 0.457 e. The number of hydrogen-bond acceptors (Lipinski definition) is 12. The molecule has 69 heavy (non-hydrogen) atoms. The van der Waals surface area contributed by atoms with Crippen molar-refractivity contribution in [3.05, 3.63) is 95.8 Å². The molecule has 3 aromatic carbocycles. The second kappa shape index (κ2) is 19.0. The number of ether oxygens (including phenoxy) is 1. The Morgan fingerprint density at radius 1 is 0.696 bits per heavy atom. The Hall–Kier alpha value is -6.72. The summed E-state index contributed by atoms with van der Waals surface area (Å²) in [6, 6.07) is 23.0. The van der Waals surface area contributed by atoms with Crippen LogP contribution in [0.1, 0.15) is 102 Å². The van der Waals surface area contributed by atoms with E-state index in [-0.39, 0.29) is 36.7 Å². The van der Waals surface area contributed by atoms with Crippen molar-refractivity contribution in [2.24, 2.45) is 5.92 Å². The van der Waals surface area contributed by atoms with Crippen molar-refractivity contribution in [2.45, 2.75) is 88.3 Å². The highest BCUT2D eigenvalue weighted by Gasteiger charge is 2.45. The van der Waals surface area contributed by atoms with Gasteiger partial charge in [-0.1, -0.05) is 24.3 Å². The molecule has 8 heterocycles. The number of anilines is 1. The van der Waals surface area contributed by atoms with Crippen molar-refractivity contribution in [1.29, 1.82) is 0 Å². The molecule has 6 aliphatic heterocycles. The fraction of sp³-hybridized carbons (Fsp3) is 0.462. The number of benzene rings is 3. The molecule has 6 aliphatic rings. The molecule has 1 atom stereocenters. The van der Waals surface area contributed by atoms with Crippen molar-refractivity contribution in [1.82, 2.24) is 49.6 Å². The van der Waals surface area contributed by atoms with Gasteiger partial charge in [-0.25, -0.2) is 19.4 Å². The van der Waals surface area contributed by atoms with Crippen LogP contribution in [-0.4, -0.2) is 145 Å². The molecule has 2 aromatic heterocycles. The average molecular weight is 934 g/mol. The van der Waals surface area contributed by atoms with Crippen LogP contribution < -0.4 is 15.8 Å². The molecule has 0 saturated carbocycles. The zero-order valence-electron chi connectivity index (χ0n) is 38.9. The lowest BCUT2D eigenvalue weighted by molar-refractivity contribution is -0.136. The number of aromatic nitrogens is 4. The molecule has 5 fully saturated rings. The topological polar surface area (TPSA) is 192 Å². The van der Waals surface area contributed by atoms with Crippen molar-refractivity contribution < 1.29 is 28.7 Å². The lowest BCUT2D eigenvalue weighted by Crippen LogP contribution is -2.54. The molecule has 17 heteroatoms. The highest BCUT2D eigenvalue weighted by atomic mass is 16.5. The minimum atomic E-state index is -0.963. The minimum absolute atomic E-state index is 0.0982. The molecule has 1 unspecified atom stereocenters. The third-order valence-electron chi connectivity index (χ3n) is 15.6. The van der Waals surface area contributed by atoms with Gasteiger partial charge in [0.25, 0.3) is 11.8 Å². The Bertz CT molecular complexity index is 2750. The molecule has 3 N–H and O–H groups in total. The summed E-state index contributed by atoms with van der Waals surface area (Å²) >= 11 is 0. The SMILES string of the molecule is Nc1ncnc2c1c(-c1ccc(Oc3ccccc3)cc1)nn2C1CCN(C2CCN(C(=O)N3CCC(CN4CCC(c5ccc6c(c5)C(=O)N(C5CCC(=O)NC5=O)C6=O)CC4)CC3)CC2)CC1. The van der Waals surface area contributed by atoms with Crippen LogP contribution in [0.5, 0.6) is 11.5 Å². The molecule has 0 aliphatic carbocycles. The Balaban J connectivity index is 0.619. The molecular formula is C52H59N11O6. The van der Waals surface area contributed by atoms with Crippen molar-refractivity contribution >= 4 is 46.5 Å². The molecule has 0 spiro atoms. The Labute approximate surface area is 400 Å². The van der Waals surface area contributed by atoms with Crippen molar-refractivity contribution in [3.63, 3.8) is 0 Å². The number of rotatable bonds is 9. The number of likely N-dealkylation sites (tertiary alicyclic amines) is 4. The van der Waals surface area contributed by atoms with Crippen molar-refractivity contribution in [2.75, 3.05) is 64.6 Å². The van der Waals surface area contributed by atoms with E-state index < -0.39 is 23.8 Å². The number of nitrogens with one attached hydrogen (secondary N) is 1. The summed E-state index contributed by atoms with van der Waals surface area (Å²) in [7, 11) is 0. The van der Waals surface area contributed by atoms with Gasteiger partial charge >= 0.3 is 6.03 Å². The fourth-order valence-electron chi connectivity index (χ4n) is 11.7. The smallest absolute Gasteiger partial charge is 0.319 e. The number of fused-ring (bicyclic) bond motifs is 2. The number of hydrogen-bond donors (Lipinski definition) is 2. The predicted octanol–water partition coefficient (Wildman–Crippen LogP) is 6.08. The van der Waals surface area contributed by atoms with Gasteiger partial charge in [0.1, 0.15) is 35.4 Å². The van der Waals surface area contributed by atoms with Gasteiger partial charge < -0.3 is 30.1 Å². The molecule has 17 nitrogen and oxygen atoms in total. The summed E-state index contributed by atoms with van der Waals surface area (Å²) in [4.78, 5) is 83.9. The fourth-order valence-corrected chi connectivity index (χ4v) is 11.7. The number of piperidine rings is 5. The zero-order valence-corrected chi connectivity index (χ0v) is 38.9. The highest BCUT2D eigenvalue weighted by molar-refractivity contribution is 6.23. The maximum absolute atomic E-state index is 13.8. The van der Waals surface area contributed by atoms with Crippen LogP contribution >= 0.6 is 0 Å². The average Bonchev–Trinajstić information content (AvgIpc) is 3.89. The summed E-state index contributed by atoms with van der Waals surface area (Å²) in [5.41, 5.74) is 10.6. The molecular weight excluding hydrogens is 875 g/mol. The third kappa shape index (κ3) is 8.93. The summed E-state index contributed by atoms with van der Waals surface area (Å²) in [6.45, 7) is 7.99. The molecule has 5 aromatic rings. The predicted molar refractivity (Wildman–Crippen MR) is 257 cm³/mol. The van der Waals surface area contributed by atoms with E-state index in [1.807, 2.05) is 66.7 Å². The highest BCUT2D eigenvalue weighted by Crippen LogP contribution is 2.38. The first-order valence-corrected chi connectivity index (χ1v) is 24.8.